The van der Waals surface area contributed by atoms with E-state index < -0.39 is 29.8 Å². The predicted octanol–water partition coefficient (Wildman–Crippen LogP) is -0.504. The summed E-state index contributed by atoms with van der Waals surface area (Å²) in [4.78, 5) is 60.5. The first-order valence-corrected chi connectivity index (χ1v) is 10.8. The summed E-state index contributed by atoms with van der Waals surface area (Å²) >= 11 is 0. The topological polar surface area (TPSA) is 152 Å². The summed E-state index contributed by atoms with van der Waals surface area (Å²) in [6, 6.07) is 3.00. The van der Waals surface area contributed by atoms with Crippen molar-refractivity contribution >= 4 is 29.9 Å². The molecule has 0 aromatic heterocycles. The van der Waals surface area contributed by atoms with Gasteiger partial charge >= 0.3 is 0 Å². The zero-order chi connectivity index (χ0) is 24.0. The average Bonchev–Trinajstić information content (AvgIpc) is 3.43. The number of fused-ring (bicyclic) bond motifs is 1. The maximum atomic E-state index is 12.6. The SMILES string of the molecule is CC(C)C(NC(=O)c1ccc2c(c1)OCO2)C(=O)NCC(=O)NC(C=O)CC1CCNC1=O. The van der Waals surface area contributed by atoms with E-state index in [-0.39, 0.29) is 37.5 Å². The molecule has 0 aliphatic carbocycles. The summed E-state index contributed by atoms with van der Waals surface area (Å²) < 4.78 is 10.5. The molecular weight excluding hydrogens is 432 g/mol. The Morgan fingerprint density at radius 1 is 1.18 bits per heavy atom. The van der Waals surface area contributed by atoms with Gasteiger partial charge in [0.25, 0.3) is 5.91 Å². The second kappa shape index (κ2) is 10.8. The van der Waals surface area contributed by atoms with Crippen molar-refractivity contribution in [2.24, 2.45) is 11.8 Å². The molecule has 0 spiro atoms. The second-order valence-corrected chi connectivity index (χ2v) is 8.30. The molecule has 1 aromatic rings. The van der Waals surface area contributed by atoms with Gasteiger partial charge in [-0.2, -0.15) is 0 Å². The molecule has 3 atom stereocenters. The van der Waals surface area contributed by atoms with Crippen molar-refractivity contribution in [3.05, 3.63) is 23.8 Å². The molecule has 1 saturated heterocycles. The number of hydrogen-bond acceptors (Lipinski definition) is 7. The van der Waals surface area contributed by atoms with Crippen LogP contribution in [-0.4, -0.2) is 61.9 Å². The normalized spacial score (nSPS) is 18.3. The van der Waals surface area contributed by atoms with E-state index in [1.54, 1.807) is 26.0 Å². The summed E-state index contributed by atoms with van der Waals surface area (Å²) in [5, 5.41) is 10.4. The van der Waals surface area contributed by atoms with Crippen LogP contribution in [0.5, 0.6) is 11.5 Å². The Morgan fingerprint density at radius 2 is 1.94 bits per heavy atom. The molecule has 1 aromatic carbocycles. The third-order valence-electron chi connectivity index (χ3n) is 5.51. The van der Waals surface area contributed by atoms with Crippen LogP contribution in [0.3, 0.4) is 0 Å². The second-order valence-electron chi connectivity index (χ2n) is 8.30. The van der Waals surface area contributed by atoms with Gasteiger partial charge in [0.2, 0.25) is 24.5 Å². The fraction of sp³-hybridized carbons (Fsp3) is 0.500. The highest BCUT2D eigenvalue weighted by Crippen LogP contribution is 2.32. The first-order valence-electron chi connectivity index (χ1n) is 10.8. The van der Waals surface area contributed by atoms with E-state index in [2.05, 4.69) is 21.3 Å². The average molecular weight is 460 g/mol. The maximum Gasteiger partial charge on any atom is 0.252 e. The van der Waals surface area contributed by atoms with Crippen LogP contribution in [0.1, 0.15) is 37.0 Å². The molecule has 3 rings (SSSR count). The van der Waals surface area contributed by atoms with Crippen LogP contribution in [0, 0.1) is 11.8 Å². The fourth-order valence-corrected chi connectivity index (χ4v) is 3.66. The van der Waals surface area contributed by atoms with Crippen LogP contribution >= 0.6 is 0 Å². The number of nitrogens with one attached hydrogen (secondary N) is 4. The van der Waals surface area contributed by atoms with Gasteiger partial charge in [-0.05, 0) is 37.0 Å². The van der Waals surface area contributed by atoms with Crippen LogP contribution in [0.4, 0.5) is 0 Å². The standard InChI is InChI=1S/C22H28N4O7/c1-12(2)19(26-21(30)13-3-4-16-17(8-13)33-11-32-16)22(31)24-9-18(28)25-15(10-27)7-14-5-6-23-20(14)29/h3-4,8,10,12,14-15,19H,5-7,9,11H2,1-2H3,(H,23,29)(H,24,31)(H,25,28)(H,26,30). The minimum atomic E-state index is -0.889. The number of aldehydes is 1. The molecule has 11 nitrogen and oxygen atoms in total. The zero-order valence-electron chi connectivity index (χ0n) is 18.5. The highest BCUT2D eigenvalue weighted by Gasteiger charge is 2.29. The Hall–Kier alpha value is -3.63. The minimum Gasteiger partial charge on any atom is -0.454 e. The number of benzene rings is 1. The number of amides is 4. The van der Waals surface area contributed by atoms with Crippen LogP contribution in [0.2, 0.25) is 0 Å². The summed E-state index contributed by atoms with van der Waals surface area (Å²) in [6.07, 6.45) is 1.39. The van der Waals surface area contributed by atoms with Crippen LogP contribution in [0.25, 0.3) is 0 Å². The van der Waals surface area contributed by atoms with Gasteiger partial charge in [-0.3, -0.25) is 19.2 Å². The molecule has 2 heterocycles. The molecule has 1 fully saturated rings. The van der Waals surface area contributed by atoms with Crippen molar-refractivity contribution in [2.75, 3.05) is 19.9 Å². The number of carbonyl (C=O) groups excluding carboxylic acids is 5. The van der Waals surface area contributed by atoms with Crippen LogP contribution < -0.4 is 30.7 Å². The van der Waals surface area contributed by atoms with Crippen LogP contribution in [-0.2, 0) is 19.2 Å². The van der Waals surface area contributed by atoms with Gasteiger partial charge in [0.1, 0.15) is 12.3 Å². The third kappa shape index (κ3) is 6.21. The molecule has 0 radical (unpaired) electrons. The molecule has 11 heteroatoms. The summed E-state index contributed by atoms with van der Waals surface area (Å²) in [7, 11) is 0. The van der Waals surface area contributed by atoms with Crippen molar-refractivity contribution in [3.8, 4) is 11.5 Å². The summed E-state index contributed by atoms with van der Waals surface area (Å²) in [5.41, 5.74) is 0.306. The lowest BCUT2D eigenvalue weighted by Gasteiger charge is -2.22. The van der Waals surface area contributed by atoms with Gasteiger partial charge in [0, 0.05) is 18.0 Å². The number of hydrogen-bond donors (Lipinski definition) is 4. The molecule has 33 heavy (non-hydrogen) atoms. The Balaban J connectivity index is 1.51. The lowest BCUT2D eigenvalue weighted by atomic mass is 9.99. The lowest BCUT2D eigenvalue weighted by molar-refractivity contribution is -0.128. The largest absolute Gasteiger partial charge is 0.454 e. The molecule has 0 saturated carbocycles. The third-order valence-corrected chi connectivity index (χ3v) is 5.51. The molecule has 3 unspecified atom stereocenters. The van der Waals surface area contributed by atoms with Gasteiger partial charge in [-0.1, -0.05) is 13.8 Å². The van der Waals surface area contributed by atoms with E-state index in [0.717, 1.165) is 0 Å². The van der Waals surface area contributed by atoms with E-state index in [4.69, 9.17) is 9.47 Å². The summed E-state index contributed by atoms with van der Waals surface area (Å²) in [5.74, 6) is -1.30. The molecular formula is C22H28N4O7. The van der Waals surface area contributed by atoms with E-state index >= 15 is 0 Å². The van der Waals surface area contributed by atoms with Gasteiger partial charge in [-0.25, -0.2) is 0 Å². The van der Waals surface area contributed by atoms with Gasteiger partial charge < -0.3 is 35.5 Å². The van der Waals surface area contributed by atoms with Crippen molar-refractivity contribution < 1.29 is 33.4 Å². The Kier molecular flexibility index (Phi) is 7.86. The highest BCUT2D eigenvalue weighted by molar-refractivity contribution is 5.98. The predicted molar refractivity (Wildman–Crippen MR) is 115 cm³/mol. The summed E-state index contributed by atoms with van der Waals surface area (Å²) in [6.45, 7) is 3.79. The molecule has 2 aliphatic heterocycles. The first-order chi connectivity index (χ1) is 15.8. The van der Waals surface area contributed by atoms with Crippen LogP contribution in [0.15, 0.2) is 18.2 Å². The molecule has 4 N–H and O–H groups in total. The van der Waals surface area contributed by atoms with E-state index in [0.29, 0.717) is 36.3 Å². The first kappa shape index (κ1) is 24.0. The van der Waals surface area contributed by atoms with Crippen molar-refractivity contribution in [1.29, 1.82) is 0 Å². The van der Waals surface area contributed by atoms with E-state index in [9.17, 15) is 24.0 Å². The monoisotopic (exact) mass is 460 g/mol. The zero-order valence-corrected chi connectivity index (χ0v) is 18.5. The van der Waals surface area contributed by atoms with E-state index in [1.165, 1.54) is 6.07 Å². The number of carbonyl (C=O) groups is 5. The molecule has 2 aliphatic rings. The Morgan fingerprint density at radius 3 is 2.61 bits per heavy atom. The number of rotatable bonds is 10. The molecule has 178 valence electrons. The Bertz CT molecular complexity index is 933. The van der Waals surface area contributed by atoms with Gasteiger partial charge in [-0.15, -0.1) is 0 Å². The van der Waals surface area contributed by atoms with Crippen molar-refractivity contribution in [2.45, 2.75) is 38.8 Å². The fourth-order valence-electron chi connectivity index (χ4n) is 3.66. The van der Waals surface area contributed by atoms with Crippen molar-refractivity contribution in [1.82, 2.24) is 21.3 Å². The molecule has 0 bridgehead atoms. The minimum absolute atomic E-state index is 0.0817. The van der Waals surface area contributed by atoms with Gasteiger partial charge in [0.15, 0.2) is 11.5 Å². The van der Waals surface area contributed by atoms with E-state index in [1.807, 2.05) is 0 Å². The van der Waals surface area contributed by atoms with Gasteiger partial charge in [0.05, 0.1) is 12.6 Å². The lowest BCUT2D eigenvalue weighted by Crippen LogP contribution is -2.52. The Labute approximate surface area is 190 Å². The van der Waals surface area contributed by atoms with Crippen molar-refractivity contribution in [3.63, 3.8) is 0 Å². The smallest absolute Gasteiger partial charge is 0.252 e. The maximum absolute atomic E-state index is 12.6. The number of ether oxygens (including phenoxy) is 2. The highest BCUT2D eigenvalue weighted by atomic mass is 16.7. The quantitative estimate of drug-likeness (QED) is 0.343. The molecule has 4 amide bonds.